The van der Waals surface area contributed by atoms with Gasteiger partial charge in [0.1, 0.15) is 0 Å². The summed E-state index contributed by atoms with van der Waals surface area (Å²) in [6, 6.07) is 2.74. The maximum atomic E-state index is 10.7. The molecule has 2 aromatic rings. The highest BCUT2D eigenvalue weighted by molar-refractivity contribution is 6.35. The van der Waals surface area contributed by atoms with Crippen LogP contribution in [0.4, 0.5) is 5.69 Å². The van der Waals surface area contributed by atoms with E-state index in [4.69, 9.17) is 16.7 Å². The van der Waals surface area contributed by atoms with Crippen LogP contribution in [0.2, 0.25) is 5.02 Å². The minimum atomic E-state index is -0.490. The van der Waals surface area contributed by atoms with Gasteiger partial charge in [-0.1, -0.05) is 11.6 Å². The summed E-state index contributed by atoms with van der Waals surface area (Å²) in [6.07, 6.45) is 2.09. The van der Waals surface area contributed by atoms with E-state index in [0.29, 0.717) is 28.9 Å². The van der Waals surface area contributed by atoms with Gasteiger partial charge in [-0.05, 0) is 6.42 Å². The zero-order valence-electron chi connectivity index (χ0n) is 8.84. The van der Waals surface area contributed by atoms with Crippen LogP contribution in [0.15, 0.2) is 18.3 Å². The Morgan fingerprint density at radius 1 is 1.53 bits per heavy atom. The first-order chi connectivity index (χ1) is 8.13. The number of fused-ring (bicyclic) bond motifs is 1. The van der Waals surface area contributed by atoms with Crippen molar-refractivity contribution < 1.29 is 10.0 Å². The highest BCUT2D eigenvalue weighted by Crippen LogP contribution is 2.28. The van der Waals surface area contributed by atoms with Gasteiger partial charge in [-0.3, -0.25) is 14.8 Å². The van der Waals surface area contributed by atoms with E-state index in [0.717, 1.165) is 0 Å². The van der Waals surface area contributed by atoms with Gasteiger partial charge >= 0.3 is 0 Å². The predicted molar refractivity (Wildman–Crippen MR) is 63.1 cm³/mol. The molecule has 0 saturated carbocycles. The molecule has 0 radical (unpaired) electrons. The Morgan fingerprint density at radius 2 is 2.29 bits per heavy atom. The number of non-ortho nitro benzene ring substituents is 1. The third-order valence-electron chi connectivity index (χ3n) is 2.41. The average Bonchev–Trinajstić information content (AvgIpc) is 2.69. The number of nitro groups is 1. The van der Waals surface area contributed by atoms with Gasteiger partial charge in [0.25, 0.3) is 5.69 Å². The molecule has 1 aromatic heterocycles. The molecule has 7 heteroatoms. The third kappa shape index (κ3) is 2.22. The van der Waals surface area contributed by atoms with Crippen LogP contribution in [0, 0.1) is 10.1 Å². The third-order valence-corrected chi connectivity index (χ3v) is 2.70. The number of aryl methyl sites for hydroxylation is 1. The number of rotatable bonds is 4. The normalized spacial score (nSPS) is 10.9. The van der Waals surface area contributed by atoms with E-state index < -0.39 is 4.92 Å². The number of aliphatic hydroxyl groups excluding tert-OH is 1. The monoisotopic (exact) mass is 255 g/mol. The number of benzene rings is 1. The van der Waals surface area contributed by atoms with Crippen LogP contribution in [0.1, 0.15) is 6.42 Å². The van der Waals surface area contributed by atoms with Crippen molar-refractivity contribution in [2.45, 2.75) is 13.0 Å². The molecule has 0 aliphatic carbocycles. The van der Waals surface area contributed by atoms with Crippen molar-refractivity contribution in [2.75, 3.05) is 6.61 Å². The maximum Gasteiger partial charge on any atom is 0.271 e. The van der Waals surface area contributed by atoms with Crippen molar-refractivity contribution in [1.29, 1.82) is 0 Å². The van der Waals surface area contributed by atoms with Gasteiger partial charge in [0.05, 0.1) is 21.7 Å². The van der Waals surface area contributed by atoms with E-state index in [-0.39, 0.29) is 12.3 Å². The molecule has 0 unspecified atom stereocenters. The van der Waals surface area contributed by atoms with Crippen LogP contribution in [0.3, 0.4) is 0 Å². The van der Waals surface area contributed by atoms with Gasteiger partial charge < -0.3 is 5.11 Å². The summed E-state index contributed by atoms with van der Waals surface area (Å²) in [5.74, 6) is 0. The Morgan fingerprint density at radius 3 is 2.94 bits per heavy atom. The van der Waals surface area contributed by atoms with Crippen molar-refractivity contribution in [2.24, 2.45) is 0 Å². The van der Waals surface area contributed by atoms with Gasteiger partial charge in [0, 0.05) is 30.7 Å². The molecule has 1 N–H and O–H groups in total. The summed E-state index contributed by atoms with van der Waals surface area (Å²) < 4.78 is 1.64. The van der Waals surface area contributed by atoms with Crippen molar-refractivity contribution in [3.63, 3.8) is 0 Å². The lowest BCUT2D eigenvalue weighted by molar-refractivity contribution is -0.384. The minimum absolute atomic E-state index is 0.0517. The van der Waals surface area contributed by atoms with Crippen LogP contribution in [0.5, 0.6) is 0 Å². The summed E-state index contributed by atoms with van der Waals surface area (Å²) in [7, 11) is 0. The number of hydrogen-bond donors (Lipinski definition) is 1. The van der Waals surface area contributed by atoms with E-state index in [2.05, 4.69) is 5.10 Å². The van der Waals surface area contributed by atoms with Gasteiger partial charge in [-0.25, -0.2) is 0 Å². The number of hydrogen-bond acceptors (Lipinski definition) is 4. The molecule has 17 heavy (non-hydrogen) atoms. The van der Waals surface area contributed by atoms with Gasteiger partial charge in [0.15, 0.2) is 0 Å². The molecule has 1 heterocycles. The second-order valence-corrected chi connectivity index (χ2v) is 3.97. The Bertz CT molecular complexity index is 567. The second-order valence-electron chi connectivity index (χ2n) is 3.57. The SMILES string of the molecule is O=[N+]([O-])c1cc(Cl)c2c(cnn2CCCO)c1. The zero-order valence-corrected chi connectivity index (χ0v) is 9.59. The second kappa shape index (κ2) is 4.68. The van der Waals surface area contributed by atoms with Crippen molar-refractivity contribution in [1.82, 2.24) is 9.78 Å². The first-order valence-corrected chi connectivity index (χ1v) is 5.41. The van der Waals surface area contributed by atoms with E-state index in [1.54, 1.807) is 4.68 Å². The Hall–Kier alpha value is -1.66. The minimum Gasteiger partial charge on any atom is -0.396 e. The molecule has 0 aliphatic rings. The number of halogens is 1. The number of aromatic nitrogens is 2. The Kier molecular flexibility index (Phi) is 3.26. The topological polar surface area (TPSA) is 81.2 Å². The molecule has 0 spiro atoms. The summed E-state index contributed by atoms with van der Waals surface area (Å²) in [5.41, 5.74) is 0.606. The fourth-order valence-electron chi connectivity index (χ4n) is 1.66. The summed E-state index contributed by atoms with van der Waals surface area (Å²) in [6.45, 7) is 0.587. The van der Waals surface area contributed by atoms with Crippen LogP contribution >= 0.6 is 11.6 Å². The fraction of sp³-hybridized carbons (Fsp3) is 0.300. The quantitative estimate of drug-likeness (QED) is 0.669. The molecular formula is C10H10ClN3O3. The Balaban J connectivity index is 2.51. The number of nitro benzene ring substituents is 1. The summed E-state index contributed by atoms with van der Waals surface area (Å²) in [4.78, 5) is 10.2. The highest BCUT2D eigenvalue weighted by atomic mass is 35.5. The van der Waals surface area contributed by atoms with Crippen LogP contribution in [-0.4, -0.2) is 26.4 Å². The largest absolute Gasteiger partial charge is 0.396 e. The highest BCUT2D eigenvalue weighted by Gasteiger charge is 2.14. The van der Waals surface area contributed by atoms with Gasteiger partial charge in [0.2, 0.25) is 0 Å². The van der Waals surface area contributed by atoms with Crippen molar-refractivity contribution in [3.8, 4) is 0 Å². The lowest BCUT2D eigenvalue weighted by Crippen LogP contribution is -2.02. The molecular weight excluding hydrogens is 246 g/mol. The van der Waals surface area contributed by atoms with Gasteiger partial charge in [-0.15, -0.1) is 0 Å². The summed E-state index contributed by atoms with van der Waals surface area (Å²) in [5, 5.41) is 24.4. The molecule has 90 valence electrons. The van der Waals surface area contributed by atoms with E-state index in [1.807, 2.05) is 0 Å². The molecule has 0 fully saturated rings. The van der Waals surface area contributed by atoms with E-state index >= 15 is 0 Å². The number of aliphatic hydroxyl groups is 1. The molecule has 0 saturated heterocycles. The molecule has 6 nitrogen and oxygen atoms in total. The standard InChI is InChI=1S/C10H10ClN3O3/c11-9-5-8(14(16)17)4-7-6-12-13(10(7)9)2-1-3-15/h4-6,15H,1-3H2. The maximum absolute atomic E-state index is 10.7. The molecule has 0 bridgehead atoms. The fourth-order valence-corrected chi connectivity index (χ4v) is 1.98. The van der Waals surface area contributed by atoms with Crippen LogP contribution in [0.25, 0.3) is 10.9 Å². The number of nitrogens with zero attached hydrogens (tertiary/aromatic N) is 3. The van der Waals surface area contributed by atoms with Gasteiger partial charge in [-0.2, -0.15) is 5.10 Å². The molecule has 1 aromatic carbocycles. The predicted octanol–water partition coefficient (Wildman–Crippen LogP) is 1.98. The lowest BCUT2D eigenvalue weighted by Gasteiger charge is -2.03. The van der Waals surface area contributed by atoms with Crippen molar-refractivity contribution in [3.05, 3.63) is 33.5 Å². The lowest BCUT2D eigenvalue weighted by atomic mass is 10.2. The van der Waals surface area contributed by atoms with Crippen LogP contribution < -0.4 is 0 Å². The molecule has 0 amide bonds. The first kappa shape index (κ1) is 11.8. The summed E-state index contributed by atoms with van der Waals surface area (Å²) >= 11 is 6.00. The average molecular weight is 256 g/mol. The van der Waals surface area contributed by atoms with Crippen molar-refractivity contribution >= 4 is 28.2 Å². The smallest absolute Gasteiger partial charge is 0.271 e. The molecule has 0 aliphatic heterocycles. The van der Waals surface area contributed by atoms with Crippen LogP contribution in [-0.2, 0) is 6.54 Å². The zero-order chi connectivity index (χ0) is 12.4. The van der Waals surface area contributed by atoms with E-state index in [9.17, 15) is 10.1 Å². The van der Waals surface area contributed by atoms with E-state index in [1.165, 1.54) is 18.3 Å². The molecule has 2 rings (SSSR count). The molecule has 0 atom stereocenters. The Labute approximate surface area is 102 Å². The first-order valence-electron chi connectivity index (χ1n) is 5.04.